The monoisotopic (exact) mass is 319 g/mol. The summed E-state index contributed by atoms with van der Waals surface area (Å²) >= 11 is 0. The quantitative estimate of drug-likeness (QED) is 0.854. The van der Waals surface area contributed by atoms with Gasteiger partial charge in [-0.1, -0.05) is 45.9 Å². The summed E-state index contributed by atoms with van der Waals surface area (Å²) in [5, 5.41) is 9.24. The Kier molecular flexibility index (Phi) is 5.05. The molecule has 1 amide bonds. The summed E-state index contributed by atoms with van der Waals surface area (Å²) in [7, 11) is 0.876. The Morgan fingerprint density at radius 3 is 1.80 bits per heavy atom. The van der Waals surface area contributed by atoms with Crippen molar-refractivity contribution in [3.8, 4) is 0 Å². The summed E-state index contributed by atoms with van der Waals surface area (Å²) in [4.78, 5) is 11.4. The van der Waals surface area contributed by atoms with Crippen molar-refractivity contribution >= 4 is 31.7 Å². The fourth-order valence-corrected chi connectivity index (χ4v) is 3.04. The first-order valence-corrected chi connectivity index (χ1v) is 8.44. The highest BCUT2D eigenvalue weighted by Crippen LogP contribution is 2.37. The van der Waals surface area contributed by atoms with Gasteiger partial charge in [-0.2, -0.15) is 12.7 Å². The van der Waals surface area contributed by atoms with Crippen molar-refractivity contribution in [2.24, 2.45) is 0 Å². The molecule has 0 radical (unpaired) electrons. The summed E-state index contributed by atoms with van der Waals surface area (Å²) < 4.78 is 23.5. The molecule has 0 spiro atoms. The largest absolute Gasteiger partial charge is 0.464 e. The molecule has 7 heteroatoms. The van der Waals surface area contributed by atoms with Crippen molar-refractivity contribution in [2.45, 2.75) is 39.5 Å². The Balaban J connectivity index is 3.74. The zero-order valence-corrected chi connectivity index (χ0v) is 13.4. The SMILES string of the molecule is CC(C)c1cccc(C(C)C)c1N(C(=O)O)S(=O)(=O)Cl. The zero-order chi connectivity index (χ0) is 15.7. The fraction of sp³-hybridized carbons (Fsp3) is 0.462. The number of nitrogens with zero attached hydrogens (tertiary/aromatic N) is 1. The molecular formula is C13H18ClNO4S. The first kappa shape index (κ1) is 16.8. The molecule has 0 saturated heterocycles. The lowest BCUT2D eigenvalue weighted by molar-refractivity contribution is 0.206. The van der Waals surface area contributed by atoms with Gasteiger partial charge in [-0.3, -0.25) is 0 Å². The topological polar surface area (TPSA) is 74.7 Å². The van der Waals surface area contributed by atoms with Crippen LogP contribution in [-0.2, 0) is 9.24 Å². The third-order valence-electron chi connectivity index (χ3n) is 2.94. The molecule has 0 unspecified atom stereocenters. The maximum absolute atomic E-state index is 11.6. The highest BCUT2D eigenvalue weighted by atomic mass is 35.7. The third kappa shape index (κ3) is 3.43. The summed E-state index contributed by atoms with van der Waals surface area (Å²) in [6.45, 7) is 7.46. The van der Waals surface area contributed by atoms with Crippen LogP contribution in [0.5, 0.6) is 0 Å². The van der Waals surface area contributed by atoms with Crippen LogP contribution in [0.2, 0.25) is 0 Å². The Bertz CT molecular complexity index is 585. The standard InChI is InChI=1S/C13H18ClNO4S/c1-8(2)10-6-5-7-11(9(3)4)12(10)15(13(16)17)20(14,18)19/h5-9H,1-4H3,(H,16,17). The van der Waals surface area contributed by atoms with E-state index < -0.39 is 15.3 Å². The van der Waals surface area contributed by atoms with Crippen molar-refractivity contribution in [1.82, 2.24) is 0 Å². The lowest BCUT2D eigenvalue weighted by Gasteiger charge is -2.25. The van der Waals surface area contributed by atoms with Gasteiger partial charge in [0, 0.05) is 10.7 Å². The van der Waals surface area contributed by atoms with E-state index in [4.69, 9.17) is 10.7 Å². The molecule has 0 aliphatic carbocycles. The van der Waals surface area contributed by atoms with Gasteiger partial charge in [0.2, 0.25) is 0 Å². The number of halogens is 1. The molecule has 5 nitrogen and oxygen atoms in total. The van der Waals surface area contributed by atoms with Crippen LogP contribution < -0.4 is 4.31 Å². The second kappa shape index (κ2) is 6.01. The van der Waals surface area contributed by atoms with E-state index in [2.05, 4.69) is 0 Å². The number of para-hydroxylation sites is 1. The molecule has 0 heterocycles. The van der Waals surface area contributed by atoms with Gasteiger partial charge in [0.1, 0.15) is 0 Å². The van der Waals surface area contributed by atoms with Crippen LogP contribution in [0.15, 0.2) is 18.2 Å². The molecule has 1 N–H and O–H groups in total. The van der Waals surface area contributed by atoms with Crippen LogP contribution in [-0.4, -0.2) is 19.6 Å². The molecule has 0 aliphatic heterocycles. The van der Waals surface area contributed by atoms with Gasteiger partial charge in [-0.25, -0.2) is 4.79 Å². The first-order chi connectivity index (χ1) is 9.07. The maximum atomic E-state index is 11.6. The molecule has 1 rings (SSSR count). The van der Waals surface area contributed by atoms with E-state index in [0.717, 1.165) is 0 Å². The van der Waals surface area contributed by atoms with Crippen LogP contribution in [0.1, 0.15) is 50.7 Å². The van der Waals surface area contributed by atoms with Crippen LogP contribution >= 0.6 is 10.7 Å². The minimum Gasteiger partial charge on any atom is -0.464 e. The number of rotatable bonds is 4. The Hall–Kier alpha value is -1.27. The van der Waals surface area contributed by atoms with E-state index in [1.807, 2.05) is 27.7 Å². The predicted octanol–water partition coefficient (Wildman–Crippen LogP) is 3.90. The van der Waals surface area contributed by atoms with Crippen LogP contribution in [0.3, 0.4) is 0 Å². The second-order valence-corrected chi connectivity index (χ2v) is 7.44. The average Bonchev–Trinajstić information content (AvgIpc) is 2.25. The Labute approximate surface area is 123 Å². The van der Waals surface area contributed by atoms with E-state index in [0.29, 0.717) is 11.1 Å². The van der Waals surface area contributed by atoms with Gasteiger partial charge in [0.25, 0.3) is 0 Å². The summed E-state index contributed by atoms with van der Waals surface area (Å²) in [6, 6.07) is 5.21. The molecule has 0 aliphatic rings. The molecule has 20 heavy (non-hydrogen) atoms. The Morgan fingerprint density at radius 1 is 1.15 bits per heavy atom. The highest BCUT2D eigenvalue weighted by molar-refractivity contribution is 8.15. The summed E-state index contributed by atoms with van der Waals surface area (Å²) in [5.41, 5.74) is 1.39. The van der Waals surface area contributed by atoms with E-state index in [-0.39, 0.29) is 21.8 Å². The number of anilines is 1. The zero-order valence-electron chi connectivity index (χ0n) is 11.8. The second-order valence-electron chi connectivity index (χ2n) is 5.08. The normalized spacial score (nSPS) is 11.9. The van der Waals surface area contributed by atoms with Gasteiger partial charge in [-0.15, -0.1) is 0 Å². The number of amides is 1. The van der Waals surface area contributed by atoms with Crippen molar-refractivity contribution in [3.63, 3.8) is 0 Å². The predicted molar refractivity (Wildman–Crippen MR) is 79.9 cm³/mol. The molecule has 0 bridgehead atoms. The number of benzene rings is 1. The maximum Gasteiger partial charge on any atom is 0.426 e. The van der Waals surface area contributed by atoms with Crippen molar-refractivity contribution in [3.05, 3.63) is 29.3 Å². The van der Waals surface area contributed by atoms with E-state index in [9.17, 15) is 18.3 Å². The molecule has 0 aromatic heterocycles. The molecule has 0 fully saturated rings. The van der Waals surface area contributed by atoms with E-state index in [1.54, 1.807) is 18.2 Å². The summed E-state index contributed by atoms with van der Waals surface area (Å²) in [5.74, 6) is -0.0760. The van der Waals surface area contributed by atoms with Crippen molar-refractivity contribution in [1.29, 1.82) is 0 Å². The summed E-state index contributed by atoms with van der Waals surface area (Å²) in [6.07, 6.45) is -1.62. The van der Waals surface area contributed by atoms with Crippen molar-refractivity contribution in [2.75, 3.05) is 4.31 Å². The van der Waals surface area contributed by atoms with Gasteiger partial charge in [0.05, 0.1) is 5.69 Å². The fourth-order valence-electron chi connectivity index (χ4n) is 2.04. The minimum atomic E-state index is -4.42. The molecule has 1 aromatic carbocycles. The van der Waals surface area contributed by atoms with Crippen LogP contribution in [0.25, 0.3) is 0 Å². The van der Waals surface area contributed by atoms with E-state index in [1.165, 1.54) is 0 Å². The molecule has 0 saturated carbocycles. The molecule has 1 aromatic rings. The molecule has 0 atom stereocenters. The number of carbonyl (C=O) groups is 1. The molecule has 112 valence electrons. The number of hydrogen-bond acceptors (Lipinski definition) is 3. The van der Waals surface area contributed by atoms with Crippen LogP contribution in [0, 0.1) is 0 Å². The smallest absolute Gasteiger partial charge is 0.426 e. The highest BCUT2D eigenvalue weighted by Gasteiger charge is 2.32. The number of hydrogen-bond donors (Lipinski definition) is 1. The van der Waals surface area contributed by atoms with E-state index >= 15 is 0 Å². The first-order valence-electron chi connectivity index (χ1n) is 6.18. The van der Waals surface area contributed by atoms with Gasteiger partial charge < -0.3 is 5.11 Å². The lowest BCUT2D eigenvalue weighted by atomic mass is 9.93. The van der Waals surface area contributed by atoms with Crippen LogP contribution in [0.4, 0.5) is 10.5 Å². The number of carboxylic acid groups (broad SMARTS) is 1. The Morgan fingerprint density at radius 2 is 1.55 bits per heavy atom. The average molecular weight is 320 g/mol. The lowest BCUT2D eigenvalue weighted by Crippen LogP contribution is -2.34. The van der Waals surface area contributed by atoms with Gasteiger partial charge in [-0.05, 0) is 23.0 Å². The van der Waals surface area contributed by atoms with Gasteiger partial charge in [0.15, 0.2) is 0 Å². The van der Waals surface area contributed by atoms with Gasteiger partial charge >= 0.3 is 15.3 Å². The third-order valence-corrected chi connectivity index (χ3v) is 4.13. The minimum absolute atomic E-state index is 0.0380. The van der Waals surface area contributed by atoms with Crippen molar-refractivity contribution < 1.29 is 18.3 Å². The molecular weight excluding hydrogens is 302 g/mol.